The van der Waals surface area contributed by atoms with Gasteiger partial charge in [-0.05, 0) is 31.9 Å². The van der Waals surface area contributed by atoms with Crippen molar-refractivity contribution in [2.75, 3.05) is 19.8 Å². The molecule has 1 N–H and O–H groups in total. The van der Waals surface area contributed by atoms with E-state index in [4.69, 9.17) is 4.74 Å². The minimum absolute atomic E-state index is 0.414. The lowest BCUT2D eigenvalue weighted by molar-refractivity contribution is 0.121. The zero-order valence-corrected chi connectivity index (χ0v) is 12.0. The van der Waals surface area contributed by atoms with Gasteiger partial charge in [0.05, 0.1) is 0 Å². The van der Waals surface area contributed by atoms with Crippen LogP contribution in [0.2, 0.25) is 0 Å². The van der Waals surface area contributed by atoms with E-state index in [1.807, 2.05) is 0 Å². The minimum Gasteiger partial charge on any atom is -0.381 e. The maximum absolute atomic E-state index is 5.66. The summed E-state index contributed by atoms with van der Waals surface area (Å²) in [5, 5.41) is 3.53. The van der Waals surface area contributed by atoms with Gasteiger partial charge in [-0.1, -0.05) is 50.1 Å². The summed E-state index contributed by atoms with van der Waals surface area (Å²) >= 11 is 0. The molecule has 0 aliphatic rings. The van der Waals surface area contributed by atoms with Crippen molar-refractivity contribution in [2.24, 2.45) is 0 Å². The van der Waals surface area contributed by atoms with E-state index >= 15 is 0 Å². The summed E-state index contributed by atoms with van der Waals surface area (Å²) in [5.74, 6) is 0. The molecule has 0 fully saturated rings. The predicted molar refractivity (Wildman–Crippen MR) is 77.9 cm³/mol. The average molecular weight is 249 g/mol. The Morgan fingerprint density at radius 3 is 2.44 bits per heavy atom. The molecule has 0 heterocycles. The van der Waals surface area contributed by atoms with Crippen molar-refractivity contribution in [1.29, 1.82) is 0 Å². The highest BCUT2D eigenvalue weighted by Gasteiger charge is 2.09. The number of hydrogen-bond donors (Lipinski definition) is 1. The van der Waals surface area contributed by atoms with Crippen molar-refractivity contribution < 1.29 is 4.74 Å². The second-order valence-electron chi connectivity index (χ2n) is 4.78. The van der Waals surface area contributed by atoms with Crippen LogP contribution in [0.15, 0.2) is 24.3 Å². The fraction of sp³-hybridized carbons (Fsp3) is 0.625. The van der Waals surface area contributed by atoms with Crippen LogP contribution in [0.1, 0.15) is 50.3 Å². The Balaban J connectivity index is 2.41. The van der Waals surface area contributed by atoms with Gasteiger partial charge in [-0.2, -0.15) is 0 Å². The molecule has 0 amide bonds. The lowest BCUT2D eigenvalue weighted by Gasteiger charge is -2.18. The Bertz CT molecular complexity index is 307. The van der Waals surface area contributed by atoms with Crippen LogP contribution in [-0.4, -0.2) is 19.8 Å². The van der Waals surface area contributed by atoms with E-state index in [1.54, 1.807) is 0 Å². The monoisotopic (exact) mass is 249 g/mol. The molecule has 2 nitrogen and oxygen atoms in total. The maximum Gasteiger partial charge on any atom is 0.0484 e. The molecule has 0 saturated carbocycles. The quantitative estimate of drug-likeness (QED) is 0.671. The highest BCUT2D eigenvalue weighted by molar-refractivity contribution is 5.24. The fourth-order valence-corrected chi connectivity index (χ4v) is 1.98. The third-order valence-electron chi connectivity index (χ3n) is 3.12. The lowest BCUT2D eigenvalue weighted by Crippen LogP contribution is -2.22. The summed E-state index contributed by atoms with van der Waals surface area (Å²) in [4.78, 5) is 0. The van der Waals surface area contributed by atoms with Gasteiger partial charge >= 0.3 is 0 Å². The van der Waals surface area contributed by atoms with Crippen LogP contribution in [0.4, 0.5) is 0 Å². The van der Waals surface area contributed by atoms with Crippen LogP contribution in [0, 0.1) is 6.92 Å². The Labute approximate surface area is 112 Å². The number of benzene rings is 1. The van der Waals surface area contributed by atoms with Crippen molar-refractivity contribution in [3.05, 3.63) is 35.4 Å². The molecular weight excluding hydrogens is 222 g/mol. The van der Waals surface area contributed by atoms with Gasteiger partial charge in [-0.25, -0.2) is 0 Å². The molecule has 0 bridgehead atoms. The minimum atomic E-state index is 0.414. The van der Waals surface area contributed by atoms with Crippen molar-refractivity contribution >= 4 is 0 Å². The zero-order valence-electron chi connectivity index (χ0n) is 12.0. The first kappa shape index (κ1) is 15.2. The van der Waals surface area contributed by atoms with Gasteiger partial charge in [-0.3, -0.25) is 0 Å². The third kappa shape index (κ3) is 5.65. The smallest absolute Gasteiger partial charge is 0.0484 e. The average Bonchev–Trinajstić information content (AvgIpc) is 2.38. The summed E-state index contributed by atoms with van der Waals surface area (Å²) in [6.07, 6.45) is 3.41. The van der Waals surface area contributed by atoms with Crippen molar-refractivity contribution in [3.8, 4) is 0 Å². The first-order valence-corrected chi connectivity index (χ1v) is 7.15. The normalized spacial score (nSPS) is 12.6. The van der Waals surface area contributed by atoms with Crippen LogP contribution in [0.3, 0.4) is 0 Å². The Kier molecular flexibility index (Phi) is 7.70. The predicted octanol–water partition coefficient (Wildman–Crippen LogP) is 3.85. The number of aryl methyl sites for hydroxylation is 1. The third-order valence-corrected chi connectivity index (χ3v) is 3.12. The molecular formula is C16H27NO. The number of hydrogen-bond acceptors (Lipinski definition) is 2. The molecule has 1 unspecified atom stereocenters. The topological polar surface area (TPSA) is 21.3 Å². The molecule has 0 saturated heterocycles. The summed E-state index contributed by atoms with van der Waals surface area (Å²) in [7, 11) is 0. The SMILES string of the molecule is CCCCOCCC(NCC)c1ccc(C)cc1. The highest BCUT2D eigenvalue weighted by atomic mass is 16.5. The standard InChI is InChI=1S/C16H27NO/c1-4-6-12-18-13-11-16(17-5-2)15-9-7-14(3)8-10-15/h7-10,16-17H,4-6,11-13H2,1-3H3. The van der Waals surface area contributed by atoms with Crippen LogP contribution in [0.25, 0.3) is 0 Å². The van der Waals surface area contributed by atoms with Gasteiger partial charge in [0.1, 0.15) is 0 Å². The van der Waals surface area contributed by atoms with E-state index in [-0.39, 0.29) is 0 Å². The van der Waals surface area contributed by atoms with Gasteiger partial charge in [0, 0.05) is 19.3 Å². The molecule has 0 radical (unpaired) electrons. The Hall–Kier alpha value is -0.860. The van der Waals surface area contributed by atoms with Crippen molar-refractivity contribution in [1.82, 2.24) is 5.32 Å². The second-order valence-corrected chi connectivity index (χ2v) is 4.78. The molecule has 0 aliphatic carbocycles. The van der Waals surface area contributed by atoms with E-state index in [0.29, 0.717) is 6.04 Å². The van der Waals surface area contributed by atoms with Crippen molar-refractivity contribution in [3.63, 3.8) is 0 Å². The summed E-state index contributed by atoms with van der Waals surface area (Å²) in [6.45, 7) is 9.19. The molecule has 1 aromatic carbocycles. The Morgan fingerprint density at radius 2 is 1.83 bits per heavy atom. The highest BCUT2D eigenvalue weighted by Crippen LogP contribution is 2.17. The molecule has 0 aromatic heterocycles. The summed E-state index contributed by atoms with van der Waals surface area (Å²) in [5.41, 5.74) is 2.68. The van der Waals surface area contributed by atoms with E-state index in [9.17, 15) is 0 Å². The van der Waals surface area contributed by atoms with Crippen LogP contribution >= 0.6 is 0 Å². The van der Waals surface area contributed by atoms with E-state index in [2.05, 4.69) is 50.4 Å². The van der Waals surface area contributed by atoms with Crippen molar-refractivity contribution in [2.45, 2.75) is 46.1 Å². The second kappa shape index (κ2) is 9.12. The van der Waals surface area contributed by atoms with Crippen LogP contribution < -0.4 is 5.32 Å². The molecule has 2 heteroatoms. The first-order valence-electron chi connectivity index (χ1n) is 7.15. The van der Waals surface area contributed by atoms with E-state index in [0.717, 1.165) is 32.6 Å². The number of nitrogens with one attached hydrogen (secondary N) is 1. The Morgan fingerprint density at radius 1 is 1.11 bits per heavy atom. The molecule has 18 heavy (non-hydrogen) atoms. The number of ether oxygens (including phenoxy) is 1. The molecule has 0 aliphatic heterocycles. The lowest BCUT2D eigenvalue weighted by atomic mass is 10.0. The summed E-state index contributed by atoms with van der Waals surface area (Å²) in [6, 6.07) is 9.20. The summed E-state index contributed by atoms with van der Waals surface area (Å²) < 4.78 is 5.66. The first-order chi connectivity index (χ1) is 8.77. The molecule has 1 aromatic rings. The zero-order chi connectivity index (χ0) is 13.2. The van der Waals surface area contributed by atoms with Gasteiger partial charge in [0.2, 0.25) is 0 Å². The van der Waals surface area contributed by atoms with E-state index < -0.39 is 0 Å². The fourth-order valence-electron chi connectivity index (χ4n) is 1.98. The van der Waals surface area contributed by atoms with Gasteiger partial charge in [0.25, 0.3) is 0 Å². The molecule has 0 spiro atoms. The maximum atomic E-state index is 5.66. The number of rotatable bonds is 9. The number of unbranched alkanes of at least 4 members (excludes halogenated alkanes) is 1. The van der Waals surface area contributed by atoms with Gasteiger partial charge < -0.3 is 10.1 Å². The van der Waals surface area contributed by atoms with Gasteiger partial charge in [-0.15, -0.1) is 0 Å². The molecule has 1 atom stereocenters. The van der Waals surface area contributed by atoms with Crippen LogP contribution in [-0.2, 0) is 4.74 Å². The van der Waals surface area contributed by atoms with E-state index in [1.165, 1.54) is 17.5 Å². The molecule has 102 valence electrons. The molecule has 1 rings (SSSR count). The van der Waals surface area contributed by atoms with Crippen LogP contribution in [0.5, 0.6) is 0 Å². The largest absolute Gasteiger partial charge is 0.381 e. The van der Waals surface area contributed by atoms with Gasteiger partial charge in [0.15, 0.2) is 0 Å².